The minimum atomic E-state index is -3.75. The third kappa shape index (κ3) is 7.24. The minimum Gasteiger partial charge on any atom is -0.352 e. The van der Waals surface area contributed by atoms with Gasteiger partial charge in [0.15, 0.2) is 0 Å². The number of nitrogens with one attached hydrogen (secondary N) is 2. The summed E-state index contributed by atoms with van der Waals surface area (Å²) in [4.78, 5) is 14.3. The van der Waals surface area contributed by atoms with Crippen LogP contribution in [-0.2, 0) is 21.2 Å². The van der Waals surface area contributed by atoms with E-state index in [0.29, 0.717) is 13.0 Å². The van der Waals surface area contributed by atoms with Crippen molar-refractivity contribution in [3.05, 3.63) is 65.2 Å². The number of hydrogen-bond donors (Lipinski definition) is 2. The van der Waals surface area contributed by atoms with Crippen molar-refractivity contribution < 1.29 is 13.2 Å². The molecule has 8 heteroatoms. The highest BCUT2D eigenvalue weighted by atomic mass is 35.5. The molecule has 152 valence electrons. The normalized spacial score (nSPS) is 12.7. The van der Waals surface area contributed by atoms with Gasteiger partial charge in [-0.15, -0.1) is 0 Å². The van der Waals surface area contributed by atoms with E-state index in [4.69, 9.17) is 11.6 Å². The first-order valence-electron chi connectivity index (χ1n) is 9.00. The second-order valence-electron chi connectivity index (χ2n) is 6.79. The molecule has 0 aliphatic heterocycles. The van der Waals surface area contributed by atoms with Crippen molar-refractivity contribution in [2.45, 2.75) is 23.8 Å². The Balaban J connectivity index is 1.89. The third-order valence-corrected chi connectivity index (χ3v) is 6.01. The van der Waals surface area contributed by atoms with E-state index < -0.39 is 10.0 Å². The number of carbonyl (C=O) groups is 1. The molecule has 1 amide bonds. The fourth-order valence-corrected chi connectivity index (χ4v) is 4.39. The number of halogens is 1. The number of hydrogen-bond acceptors (Lipinski definition) is 4. The van der Waals surface area contributed by atoms with Crippen molar-refractivity contribution in [3.63, 3.8) is 0 Å². The Bertz CT molecular complexity index is 873. The van der Waals surface area contributed by atoms with Gasteiger partial charge in [-0.05, 0) is 38.2 Å². The molecular formula is C20H26ClN3O3S. The van der Waals surface area contributed by atoms with Gasteiger partial charge in [-0.1, -0.05) is 54.1 Å². The molecule has 2 aromatic carbocycles. The molecule has 2 rings (SSSR count). The van der Waals surface area contributed by atoms with E-state index in [2.05, 4.69) is 10.0 Å². The molecule has 0 aliphatic rings. The second kappa shape index (κ2) is 10.6. The predicted molar refractivity (Wildman–Crippen MR) is 112 cm³/mol. The highest BCUT2D eigenvalue weighted by Gasteiger charge is 2.18. The molecule has 2 aromatic rings. The molecule has 0 aliphatic carbocycles. The van der Waals surface area contributed by atoms with Crippen molar-refractivity contribution in [1.29, 1.82) is 0 Å². The Labute approximate surface area is 171 Å². The van der Waals surface area contributed by atoms with Gasteiger partial charge in [0.1, 0.15) is 4.90 Å². The Kier molecular flexibility index (Phi) is 8.44. The lowest BCUT2D eigenvalue weighted by Crippen LogP contribution is -2.44. The Hall–Kier alpha value is -1.93. The van der Waals surface area contributed by atoms with Crippen LogP contribution in [0.4, 0.5) is 0 Å². The molecule has 0 heterocycles. The maximum Gasteiger partial charge on any atom is 0.242 e. The van der Waals surface area contributed by atoms with Crippen LogP contribution in [0.3, 0.4) is 0 Å². The van der Waals surface area contributed by atoms with Gasteiger partial charge in [0.05, 0.1) is 5.02 Å². The molecule has 0 aromatic heterocycles. The van der Waals surface area contributed by atoms with Gasteiger partial charge < -0.3 is 10.2 Å². The van der Waals surface area contributed by atoms with E-state index in [1.165, 1.54) is 12.1 Å². The van der Waals surface area contributed by atoms with E-state index in [9.17, 15) is 13.2 Å². The van der Waals surface area contributed by atoms with Crippen molar-refractivity contribution in [2.24, 2.45) is 0 Å². The van der Waals surface area contributed by atoms with Crippen molar-refractivity contribution in [2.75, 3.05) is 27.2 Å². The predicted octanol–water partition coefficient (Wildman–Crippen LogP) is 2.30. The average Bonchev–Trinajstić information content (AvgIpc) is 2.62. The van der Waals surface area contributed by atoms with Crippen LogP contribution in [-0.4, -0.2) is 52.5 Å². The first-order valence-corrected chi connectivity index (χ1v) is 10.9. The highest BCUT2D eigenvalue weighted by molar-refractivity contribution is 7.89. The van der Waals surface area contributed by atoms with E-state index in [0.717, 1.165) is 5.56 Å². The lowest BCUT2D eigenvalue weighted by molar-refractivity contribution is -0.121. The molecule has 0 saturated carbocycles. The minimum absolute atomic E-state index is 0.000584. The first-order chi connectivity index (χ1) is 13.3. The van der Waals surface area contributed by atoms with Crippen molar-refractivity contribution >= 4 is 27.5 Å². The maximum atomic E-state index is 12.3. The summed E-state index contributed by atoms with van der Waals surface area (Å²) in [6, 6.07) is 16.1. The lowest BCUT2D eigenvalue weighted by Gasteiger charge is -2.22. The van der Waals surface area contributed by atoms with Gasteiger partial charge in [0.2, 0.25) is 15.9 Å². The summed E-state index contributed by atoms with van der Waals surface area (Å²) in [5.74, 6) is -0.204. The number of benzene rings is 2. The van der Waals surface area contributed by atoms with Gasteiger partial charge in [0.25, 0.3) is 0 Å². The number of sulfonamides is 1. The fourth-order valence-electron chi connectivity index (χ4n) is 2.84. The number of likely N-dealkylation sites (N-methyl/N-ethyl adjacent to an activating group) is 1. The zero-order valence-corrected chi connectivity index (χ0v) is 17.6. The van der Waals surface area contributed by atoms with Crippen LogP contribution in [0, 0.1) is 0 Å². The van der Waals surface area contributed by atoms with Gasteiger partial charge in [0, 0.05) is 25.6 Å². The Morgan fingerprint density at radius 1 is 1.07 bits per heavy atom. The van der Waals surface area contributed by atoms with Crippen LogP contribution < -0.4 is 10.0 Å². The zero-order valence-electron chi connectivity index (χ0n) is 16.1. The van der Waals surface area contributed by atoms with Crippen LogP contribution in [0.1, 0.15) is 12.0 Å². The van der Waals surface area contributed by atoms with E-state index >= 15 is 0 Å². The van der Waals surface area contributed by atoms with Gasteiger partial charge >= 0.3 is 0 Å². The lowest BCUT2D eigenvalue weighted by atomic mass is 10.1. The van der Waals surface area contributed by atoms with Crippen LogP contribution in [0.2, 0.25) is 5.02 Å². The first kappa shape index (κ1) is 22.4. The molecule has 28 heavy (non-hydrogen) atoms. The summed E-state index contributed by atoms with van der Waals surface area (Å²) in [6.45, 7) is 0.686. The topological polar surface area (TPSA) is 78.5 Å². The fraction of sp³-hybridized carbons (Fsp3) is 0.350. The van der Waals surface area contributed by atoms with Gasteiger partial charge in [-0.2, -0.15) is 0 Å². The molecule has 1 unspecified atom stereocenters. The van der Waals surface area contributed by atoms with Crippen molar-refractivity contribution in [1.82, 2.24) is 14.9 Å². The van der Waals surface area contributed by atoms with Crippen LogP contribution >= 0.6 is 11.6 Å². The number of nitrogens with zero attached hydrogens (tertiary/aromatic N) is 1. The molecule has 1 atom stereocenters. The standard InChI is InChI=1S/C20H26ClN3O3S/c1-24(2)15-17(14-16-8-4-3-5-9-16)23-20(25)12-13-22-28(26,27)19-11-7-6-10-18(19)21/h3-11,17,22H,12-15H2,1-2H3,(H,23,25). The van der Waals surface area contributed by atoms with E-state index in [1.807, 2.05) is 49.3 Å². The maximum absolute atomic E-state index is 12.3. The van der Waals surface area contributed by atoms with E-state index in [1.54, 1.807) is 12.1 Å². The number of carbonyl (C=O) groups excluding carboxylic acids is 1. The molecule has 0 fully saturated rings. The summed E-state index contributed by atoms with van der Waals surface area (Å²) in [7, 11) is 0.140. The number of rotatable bonds is 10. The number of amides is 1. The summed E-state index contributed by atoms with van der Waals surface area (Å²) < 4.78 is 27.0. The molecular weight excluding hydrogens is 398 g/mol. The van der Waals surface area contributed by atoms with Crippen LogP contribution in [0.25, 0.3) is 0 Å². The van der Waals surface area contributed by atoms with E-state index in [-0.39, 0.29) is 34.8 Å². The largest absolute Gasteiger partial charge is 0.352 e. The SMILES string of the molecule is CN(C)CC(Cc1ccccc1)NC(=O)CCNS(=O)(=O)c1ccccc1Cl. The molecule has 6 nitrogen and oxygen atoms in total. The molecule has 0 saturated heterocycles. The molecule has 2 N–H and O–H groups in total. The average molecular weight is 424 g/mol. The Morgan fingerprint density at radius 2 is 1.71 bits per heavy atom. The summed E-state index contributed by atoms with van der Waals surface area (Å²) in [5, 5.41) is 3.14. The smallest absolute Gasteiger partial charge is 0.242 e. The monoisotopic (exact) mass is 423 g/mol. The quantitative estimate of drug-likeness (QED) is 0.614. The van der Waals surface area contributed by atoms with Gasteiger partial charge in [-0.3, -0.25) is 4.79 Å². The highest BCUT2D eigenvalue weighted by Crippen LogP contribution is 2.19. The second-order valence-corrected chi connectivity index (χ2v) is 8.94. The summed E-state index contributed by atoms with van der Waals surface area (Å²) in [6.07, 6.45) is 0.749. The van der Waals surface area contributed by atoms with Crippen molar-refractivity contribution in [3.8, 4) is 0 Å². The zero-order chi connectivity index (χ0) is 20.6. The summed E-state index contributed by atoms with van der Waals surface area (Å²) >= 11 is 5.94. The molecule has 0 spiro atoms. The molecule has 0 bridgehead atoms. The molecule has 0 radical (unpaired) electrons. The summed E-state index contributed by atoms with van der Waals surface area (Å²) in [5.41, 5.74) is 1.13. The van der Waals surface area contributed by atoms with Crippen LogP contribution in [0.15, 0.2) is 59.5 Å². The third-order valence-electron chi connectivity index (χ3n) is 4.05. The van der Waals surface area contributed by atoms with Gasteiger partial charge in [-0.25, -0.2) is 13.1 Å². The van der Waals surface area contributed by atoms with Crippen LogP contribution in [0.5, 0.6) is 0 Å². The Morgan fingerprint density at radius 3 is 2.36 bits per heavy atom.